The van der Waals surface area contributed by atoms with Crippen LogP contribution in [0.15, 0.2) is 16.6 Å². The molecule has 1 unspecified atom stereocenters. The molecule has 0 bridgehead atoms. The first-order chi connectivity index (χ1) is 9.22. The molecule has 0 aromatic carbocycles. The predicted octanol–water partition coefficient (Wildman–Crippen LogP) is 1.81. The number of hydrogen-bond acceptors (Lipinski definition) is 4. The number of amidine groups is 1. The summed E-state index contributed by atoms with van der Waals surface area (Å²) in [6.45, 7) is 0.561. The van der Waals surface area contributed by atoms with Crippen LogP contribution in [0.5, 0.6) is 0 Å². The SMILES string of the molecule is N/C(CCCNC(=O)C1CCCc2sccc21)=N/O. The number of fused-ring (bicyclic) bond motifs is 1. The molecule has 0 spiro atoms. The first-order valence-electron chi connectivity index (χ1n) is 6.52. The average molecular weight is 281 g/mol. The van der Waals surface area contributed by atoms with Gasteiger partial charge in [0, 0.05) is 17.8 Å². The number of aryl methyl sites for hydroxylation is 1. The number of carbonyl (C=O) groups is 1. The molecule has 0 saturated carbocycles. The molecule has 0 fully saturated rings. The van der Waals surface area contributed by atoms with Gasteiger partial charge in [-0.3, -0.25) is 4.79 Å². The maximum atomic E-state index is 12.2. The number of nitrogens with two attached hydrogens (primary N) is 1. The van der Waals surface area contributed by atoms with E-state index in [-0.39, 0.29) is 17.7 Å². The maximum absolute atomic E-state index is 12.2. The zero-order valence-corrected chi connectivity index (χ0v) is 11.6. The van der Waals surface area contributed by atoms with Crippen LogP contribution in [0.2, 0.25) is 0 Å². The van der Waals surface area contributed by atoms with Crippen LogP contribution in [0.3, 0.4) is 0 Å². The molecule has 0 saturated heterocycles. The van der Waals surface area contributed by atoms with E-state index in [0.29, 0.717) is 19.4 Å². The molecule has 5 nitrogen and oxygen atoms in total. The minimum Gasteiger partial charge on any atom is -0.409 e. The molecule has 1 aliphatic rings. The molecule has 2 rings (SSSR count). The molecule has 1 aromatic rings. The Labute approximate surface area is 116 Å². The van der Waals surface area contributed by atoms with Crippen molar-refractivity contribution in [3.8, 4) is 0 Å². The predicted molar refractivity (Wildman–Crippen MR) is 75.7 cm³/mol. The summed E-state index contributed by atoms with van der Waals surface area (Å²) in [5.41, 5.74) is 6.57. The molecule has 1 amide bonds. The molecule has 104 valence electrons. The van der Waals surface area contributed by atoms with Gasteiger partial charge in [0.1, 0.15) is 5.84 Å². The van der Waals surface area contributed by atoms with Gasteiger partial charge in [-0.25, -0.2) is 0 Å². The number of nitrogens with one attached hydrogen (secondary N) is 1. The second kappa shape index (κ2) is 6.56. The third-order valence-electron chi connectivity index (χ3n) is 3.41. The number of rotatable bonds is 5. The van der Waals surface area contributed by atoms with Crippen molar-refractivity contribution in [1.29, 1.82) is 0 Å². The summed E-state index contributed by atoms with van der Waals surface area (Å²) in [7, 11) is 0. The molecule has 0 radical (unpaired) electrons. The quantitative estimate of drug-likeness (QED) is 0.253. The van der Waals surface area contributed by atoms with E-state index in [1.165, 1.54) is 10.4 Å². The Balaban J connectivity index is 1.82. The summed E-state index contributed by atoms with van der Waals surface area (Å²) in [5, 5.41) is 16.3. The second-order valence-corrected chi connectivity index (χ2v) is 5.73. The zero-order valence-electron chi connectivity index (χ0n) is 10.8. The summed E-state index contributed by atoms with van der Waals surface area (Å²) in [6, 6.07) is 2.07. The summed E-state index contributed by atoms with van der Waals surface area (Å²) in [4.78, 5) is 13.5. The topological polar surface area (TPSA) is 87.7 Å². The Kier molecular flexibility index (Phi) is 4.79. The van der Waals surface area contributed by atoms with E-state index in [1.807, 2.05) is 0 Å². The van der Waals surface area contributed by atoms with Gasteiger partial charge >= 0.3 is 0 Å². The van der Waals surface area contributed by atoms with Crippen molar-refractivity contribution in [1.82, 2.24) is 5.32 Å². The van der Waals surface area contributed by atoms with E-state index in [2.05, 4.69) is 21.9 Å². The van der Waals surface area contributed by atoms with Gasteiger partial charge in [0.15, 0.2) is 0 Å². The van der Waals surface area contributed by atoms with Crippen LogP contribution >= 0.6 is 11.3 Å². The average Bonchev–Trinajstić information content (AvgIpc) is 2.91. The lowest BCUT2D eigenvalue weighted by Crippen LogP contribution is -2.32. The van der Waals surface area contributed by atoms with E-state index in [0.717, 1.165) is 19.3 Å². The highest BCUT2D eigenvalue weighted by molar-refractivity contribution is 7.10. The van der Waals surface area contributed by atoms with Crippen LogP contribution < -0.4 is 11.1 Å². The maximum Gasteiger partial charge on any atom is 0.227 e. The summed E-state index contributed by atoms with van der Waals surface area (Å²) < 4.78 is 0. The molecule has 4 N–H and O–H groups in total. The minimum absolute atomic E-state index is 0.00106. The third-order valence-corrected chi connectivity index (χ3v) is 4.40. The van der Waals surface area contributed by atoms with Gasteiger partial charge in [-0.15, -0.1) is 11.3 Å². The highest BCUT2D eigenvalue weighted by Gasteiger charge is 2.26. The molecule has 1 aromatic heterocycles. The normalized spacial score (nSPS) is 18.9. The Morgan fingerprint density at radius 3 is 3.26 bits per heavy atom. The monoisotopic (exact) mass is 281 g/mol. The van der Waals surface area contributed by atoms with Crippen LogP contribution in [-0.4, -0.2) is 23.5 Å². The third kappa shape index (κ3) is 3.47. The first kappa shape index (κ1) is 13.9. The molecule has 0 aliphatic heterocycles. The first-order valence-corrected chi connectivity index (χ1v) is 7.40. The number of carbonyl (C=O) groups excluding carboxylic acids is 1. The van der Waals surface area contributed by atoms with E-state index in [9.17, 15) is 4.79 Å². The minimum atomic E-state index is -0.00106. The standard InChI is InChI=1S/C13H19N3O2S/c14-12(16-18)5-2-7-15-13(17)10-3-1-4-11-9(10)6-8-19-11/h6,8,10,18H,1-5,7H2,(H2,14,16)(H,15,17). The van der Waals surface area contributed by atoms with E-state index >= 15 is 0 Å². The lowest BCUT2D eigenvalue weighted by Gasteiger charge is -2.21. The van der Waals surface area contributed by atoms with Crippen LogP contribution in [0.25, 0.3) is 0 Å². The Bertz CT molecular complexity index is 470. The second-order valence-electron chi connectivity index (χ2n) is 4.73. The van der Waals surface area contributed by atoms with Crippen LogP contribution in [-0.2, 0) is 11.2 Å². The largest absolute Gasteiger partial charge is 0.409 e. The van der Waals surface area contributed by atoms with Crippen molar-refractivity contribution in [2.75, 3.05) is 6.54 Å². The lowest BCUT2D eigenvalue weighted by molar-refractivity contribution is -0.122. The lowest BCUT2D eigenvalue weighted by atomic mass is 9.87. The fraction of sp³-hybridized carbons (Fsp3) is 0.538. The number of oxime groups is 1. The smallest absolute Gasteiger partial charge is 0.227 e. The highest BCUT2D eigenvalue weighted by atomic mass is 32.1. The summed E-state index contributed by atoms with van der Waals surface area (Å²) >= 11 is 1.74. The molecule has 6 heteroatoms. The molecule has 1 aliphatic carbocycles. The van der Waals surface area contributed by atoms with Crippen LogP contribution in [0, 0.1) is 0 Å². The van der Waals surface area contributed by atoms with Gasteiger partial charge < -0.3 is 16.3 Å². The number of nitrogens with zero attached hydrogens (tertiary/aromatic N) is 1. The van der Waals surface area contributed by atoms with Crippen LogP contribution in [0.1, 0.15) is 42.0 Å². The Morgan fingerprint density at radius 2 is 2.47 bits per heavy atom. The number of amides is 1. The molecular formula is C13H19N3O2S. The van der Waals surface area contributed by atoms with Crippen molar-refractivity contribution in [2.45, 2.75) is 38.0 Å². The van der Waals surface area contributed by atoms with E-state index in [1.54, 1.807) is 11.3 Å². The molecule has 1 heterocycles. The summed E-state index contributed by atoms with van der Waals surface area (Å²) in [6.07, 6.45) is 4.28. The highest BCUT2D eigenvalue weighted by Crippen LogP contribution is 2.34. The van der Waals surface area contributed by atoms with Gasteiger partial charge in [-0.05, 0) is 42.7 Å². The number of thiophene rings is 1. The summed E-state index contributed by atoms with van der Waals surface area (Å²) in [5.74, 6) is 0.296. The molecule has 19 heavy (non-hydrogen) atoms. The molecule has 1 atom stereocenters. The van der Waals surface area contributed by atoms with Crippen molar-refractivity contribution < 1.29 is 10.0 Å². The number of hydrogen-bond donors (Lipinski definition) is 3. The Morgan fingerprint density at radius 1 is 1.63 bits per heavy atom. The van der Waals surface area contributed by atoms with Gasteiger partial charge in [0.2, 0.25) is 5.91 Å². The fourth-order valence-corrected chi connectivity index (χ4v) is 3.40. The van der Waals surface area contributed by atoms with Gasteiger partial charge in [-0.1, -0.05) is 5.16 Å². The van der Waals surface area contributed by atoms with Gasteiger partial charge in [0.05, 0.1) is 5.92 Å². The van der Waals surface area contributed by atoms with Crippen molar-refractivity contribution >= 4 is 23.1 Å². The van der Waals surface area contributed by atoms with Crippen molar-refractivity contribution in [3.05, 3.63) is 21.9 Å². The zero-order chi connectivity index (χ0) is 13.7. The fourth-order valence-electron chi connectivity index (χ4n) is 2.41. The van der Waals surface area contributed by atoms with Gasteiger partial charge in [-0.2, -0.15) is 0 Å². The van der Waals surface area contributed by atoms with E-state index in [4.69, 9.17) is 10.9 Å². The van der Waals surface area contributed by atoms with Crippen molar-refractivity contribution in [2.24, 2.45) is 10.9 Å². The van der Waals surface area contributed by atoms with Crippen LogP contribution in [0.4, 0.5) is 0 Å². The van der Waals surface area contributed by atoms with E-state index < -0.39 is 0 Å². The van der Waals surface area contributed by atoms with Gasteiger partial charge in [0.25, 0.3) is 0 Å². The Hall–Kier alpha value is -1.56. The molecular weight excluding hydrogens is 262 g/mol. The van der Waals surface area contributed by atoms with Crippen molar-refractivity contribution in [3.63, 3.8) is 0 Å².